The van der Waals surface area contributed by atoms with Crippen molar-refractivity contribution in [1.82, 2.24) is 4.98 Å². The van der Waals surface area contributed by atoms with Crippen molar-refractivity contribution >= 4 is 29.3 Å². The Labute approximate surface area is 155 Å². The van der Waals surface area contributed by atoms with Crippen LogP contribution in [0.25, 0.3) is 11.3 Å². The highest BCUT2D eigenvalue weighted by Gasteiger charge is 2.17. The molecule has 128 valence electrons. The van der Waals surface area contributed by atoms with Crippen molar-refractivity contribution in [3.8, 4) is 11.3 Å². The number of benzene rings is 2. The zero-order valence-corrected chi connectivity index (χ0v) is 15.1. The van der Waals surface area contributed by atoms with Gasteiger partial charge in [0.2, 0.25) is 5.89 Å². The first kappa shape index (κ1) is 17.6. The monoisotopic (exact) mass is 373 g/mol. The summed E-state index contributed by atoms with van der Waals surface area (Å²) in [5.74, 6) is 0.700. The van der Waals surface area contributed by atoms with Gasteiger partial charge < -0.3 is 9.15 Å². The normalized spacial score (nSPS) is 11.9. The molecule has 4 nitrogen and oxygen atoms in total. The number of thioether (sulfide) groups is 1. The summed E-state index contributed by atoms with van der Waals surface area (Å²) in [6.45, 7) is 1.81. The molecular weight excluding hydrogens is 358 g/mol. The van der Waals surface area contributed by atoms with E-state index in [2.05, 4.69) is 4.98 Å². The van der Waals surface area contributed by atoms with E-state index in [1.165, 1.54) is 11.8 Å². The number of halogens is 1. The lowest BCUT2D eigenvalue weighted by molar-refractivity contribution is -0.144. The van der Waals surface area contributed by atoms with Crippen LogP contribution in [0.2, 0.25) is 5.02 Å². The Morgan fingerprint density at radius 3 is 2.64 bits per heavy atom. The number of ether oxygens (including phenoxy) is 1. The first-order chi connectivity index (χ1) is 12.1. The van der Waals surface area contributed by atoms with Crippen LogP contribution >= 0.6 is 23.4 Å². The molecule has 1 atom stereocenters. The van der Waals surface area contributed by atoms with Crippen molar-refractivity contribution in [2.24, 2.45) is 0 Å². The van der Waals surface area contributed by atoms with Crippen LogP contribution in [0.4, 0.5) is 0 Å². The van der Waals surface area contributed by atoms with E-state index in [0.717, 1.165) is 10.5 Å². The number of esters is 1. The van der Waals surface area contributed by atoms with Crippen LogP contribution in [0.3, 0.4) is 0 Å². The second-order valence-electron chi connectivity index (χ2n) is 5.31. The number of hydrogen-bond acceptors (Lipinski definition) is 5. The summed E-state index contributed by atoms with van der Waals surface area (Å²) in [6.07, 6.45) is 1.63. The van der Waals surface area contributed by atoms with Crippen LogP contribution in [-0.2, 0) is 16.1 Å². The summed E-state index contributed by atoms with van der Waals surface area (Å²) >= 11 is 7.27. The van der Waals surface area contributed by atoms with Gasteiger partial charge in [0.1, 0.15) is 5.25 Å². The molecule has 0 aliphatic heterocycles. The minimum atomic E-state index is -0.343. The topological polar surface area (TPSA) is 52.3 Å². The highest BCUT2D eigenvalue weighted by molar-refractivity contribution is 8.00. The molecule has 0 aliphatic rings. The summed E-state index contributed by atoms with van der Waals surface area (Å²) in [5.41, 5.74) is 0.930. The number of carbonyl (C=O) groups is 1. The fourth-order valence-electron chi connectivity index (χ4n) is 2.13. The van der Waals surface area contributed by atoms with Crippen LogP contribution in [0.15, 0.2) is 70.1 Å². The fraction of sp³-hybridized carbons (Fsp3) is 0.158. The lowest BCUT2D eigenvalue weighted by Gasteiger charge is -2.10. The molecule has 0 N–H and O–H groups in total. The molecule has 0 saturated heterocycles. The van der Waals surface area contributed by atoms with Gasteiger partial charge in [-0.1, -0.05) is 41.9 Å². The Hall–Kier alpha value is -2.24. The predicted octanol–water partition coefficient (Wildman–Crippen LogP) is 5.22. The maximum absolute atomic E-state index is 12.1. The van der Waals surface area contributed by atoms with Gasteiger partial charge in [-0.3, -0.25) is 4.79 Å². The molecule has 0 amide bonds. The minimum absolute atomic E-state index is 0.0111. The fourth-order valence-corrected chi connectivity index (χ4v) is 3.12. The van der Waals surface area contributed by atoms with Gasteiger partial charge in [-0.15, -0.1) is 11.8 Å². The number of carbonyl (C=O) groups excluding carboxylic acids is 1. The van der Waals surface area contributed by atoms with E-state index in [1.54, 1.807) is 25.3 Å². The average molecular weight is 374 g/mol. The summed E-state index contributed by atoms with van der Waals surface area (Å²) in [4.78, 5) is 17.2. The molecule has 0 spiro atoms. The van der Waals surface area contributed by atoms with E-state index in [4.69, 9.17) is 20.8 Å². The van der Waals surface area contributed by atoms with Crippen LogP contribution in [-0.4, -0.2) is 16.2 Å². The Balaban J connectivity index is 1.53. The summed E-state index contributed by atoms with van der Waals surface area (Å²) in [5, 5.41) is 0.322. The van der Waals surface area contributed by atoms with E-state index >= 15 is 0 Å². The molecule has 0 unspecified atom stereocenters. The smallest absolute Gasteiger partial charge is 0.319 e. The second kappa shape index (κ2) is 8.23. The van der Waals surface area contributed by atoms with Gasteiger partial charge in [0.05, 0.1) is 6.20 Å². The summed E-state index contributed by atoms with van der Waals surface area (Å²) in [6, 6.07) is 17.0. The van der Waals surface area contributed by atoms with E-state index in [1.807, 2.05) is 42.5 Å². The third-order valence-electron chi connectivity index (χ3n) is 3.41. The Morgan fingerprint density at radius 1 is 1.20 bits per heavy atom. The predicted molar refractivity (Wildman–Crippen MR) is 98.5 cm³/mol. The standard InChI is InChI=1S/C19H16ClNO3S/c1-13(25-16-9-7-15(20)8-10-16)19(22)23-12-18-21-11-17(24-18)14-5-3-2-4-6-14/h2-11,13H,12H2,1H3/t13-/m0/s1. The number of hydrogen-bond donors (Lipinski definition) is 0. The molecule has 0 aliphatic carbocycles. The van der Waals surface area contributed by atoms with Crippen molar-refractivity contribution < 1.29 is 13.9 Å². The molecule has 0 radical (unpaired) electrons. The highest BCUT2D eigenvalue weighted by Crippen LogP contribution is 2.26. The first-order valence-corrected chi connectivity index (χ1v) is 8.96. The molecule has 25 heavy (non-hydrogen) atoms. The molecular formula is C19H16ClNO3S. The molecule has 0 fully saturated rings. The first-order valence-electron chi connectivity index (χ1n) is 7.71. The molecule has 0 bridgehead atoms. The van der Waals surface area contributed by atoms with Crippen molar-refractivity contribution in [2.45, 2.75) is 23.7 Å². The second-order valence-corrected chi connectivity index (χ2v) is 7.16. The zero-order valence-electron chi connectivity index (χ0n) is 13.5. The third-order valence-corrected chi connectivity index (χ3v) is 4.75. The average Bonchev–Trinajstić information content (AvgIpc) is 3.11. The number of oxazole rings is 1. The Bertz CT molecular complexity index is 833. The highest BCUT2D eigenvalue weighted by atomic mass is 35.5. The lowest BCUT2D eigenvalue weighted by Crippen LogP contribution is -2.16. The van der Waals surface area contributed by atoms with E-state index in [0.29, 0.717) is 16.7 Å². The largest absolute Gasteiger partial charge is 0.455 e. The molecule has 3 rings (SSSR count). The molecule has 1 aromatic heterocycles. The quantitative estimate of drug-likeness (QED) is 0.438. The third kappa shape index (κ3) is 4.87. The van der Waals surface area contributed by atoms with E-state index in [9.17, 15) is 4.79 Å². The SMILES string of the molecule is C[C@H](Sc1ccc(Cl)cc1)C(=O)OCc1ncc(-c2ccccc2)o1. The number of nitrogens with zero attached hydrogens (tertiary/aromatic N) is 1. The molecule has 6 heteroatoms. The summed E-state index contributed by atoms with van der Waals surface area (Å²) < 4.78 is 10.9. The van der Waals surface area contributed by atoms with Crippen LogP contribution in [0.1, 0.15) is 12.8 Å². The minimum Gasteiger partial charge on any atom is -0.455 e. The Kier molecular flexibility index (Phi) is 5.79. The van der Waals surface area contributed by atoms with Gasteiger partial charge >= 0.3 is 5.97 Å². The van der Waals surface area contributed by atoms with Gasteiger partial charge in [-0.2, -0.15) is 0 Å². The number of rotatable bonds is 6. The van der Waals surface area contributed by atoms with Gasteiger partial charge in [-0.25, -0.2) is 4.98 Å². The van der Waals surface area contributed by atoms with Crippen molar-refractivity contribution in [3.63, 3.8) is 0 Å². The molecule has 3 aromatic rings. The van der Waals surface area contributed by atoms with Crippen LogP contribution < -0.4 is 0 Å². The van der Waals surface area contributed by atoms with E-state index < -0.39 is 0 Å². The maximum atomic E-state index is 12.1. The summed E-state index contributed by atoms with van der Waals surface area (Å²) in [7, 11) is 0. The van der Waals surface area contributed by atoms with Gasteiger partial charge in [0.25, 0.3) is 0 Å². The van der Waals surface area contributed by atoms with Crippen molar-refractivity contribution in [3.05, 3.63) is 71.7 Å². The zero-order chi connectivity index (χ0) is 17.6. The van der Waals surface area contributed by atoms with Gasteiger partial charge in [0, 0.05) is 15.5 Å². The number of aromatic nitrogens is 1. The van der Waals surface area contributed by atoms with Crippen molar-refractivity contribution in [2.75, 3.05) is 0 Å². The molecule has 2 aromatic carbocycles. The lowest BCUT2D eigenvalue weighted by atomic mass is 10.2. The molecule has 1 heterocycles. The van der Waals surface area contributed by atoms with Crippen molar-refractivity contribution in [1.29, 1.82) is 0 Å². The van der Waals surface area contributed by atoms with Crippen LogP contribution in [0, 0.1) is 0 Å². The van der Waals surface area contributed by atoms with Gasteiger partial charge in [-0.05, 0) is 31.2 Å². The maximum Gasteiger partial charge on any atom is 0.319 e. The van der Waals surface area contributed by atoms with Crippen LogP contribution in [0.5, 0.6) is 0 Å². The Morgan fingerprint density at radius 2 is 1.92 bits per heavy atom. The van der Waals surface area contributed by atoms with Gasteiger partial charge in [0.15, 0.2) is 12.4 Å². The van der Waals surface area contributed by atoms with E-state index in [-0.39, 0.29) is 17.8 Å². The molecule has 0 saturated carbocycles.